The number of piperidine rings is 1. The molecule has 9 heteroatoms. The topological polar surface area (TPSA) is 40.5 Å². The zero-order chi connectivity index (χ0) is 23.7. The van der Waals surface area contributed by atoms with E-state index in [0.29, 0.717) is 37.2 Å². The molecule has 3 nitrogen and oxygen atoms in total. The largest absolute Gasteiger partial charge is 0.481 e. The number of carboxylic acid groups (broad SMARTS) is 1. The summed E-state index contributed by atoms with van der Waals surface area (Å²) < 4.78 is 77.0. The van der Waals surface area contributed by atoms with E-state index in [1.165, 1.54) is 24.3 Å². The molecule has 1 aliphatic heterocycles. The van der Waals surface area contributed by atoms with Crippen molar-refractivity contribution in [2.45, 2.75) is 38.2 Å². The summed E-state index contributed by atoms with van der Waals surface area (Å²) in [6, 6.07) is 9.64. The monoisotopic (exact) mass is 459 g/mol. The van der Waals surface area contributed by atoms with Crippen LogP contribution in [0.5, 0.6) is 0 Å². The highest BCUT2D eigenvalue weighted by molar-refractivity contribution is 5.70. The Morgan fingerprint density at radius 2 is 1.44 bits per heavy atom. The summed E-state index contributed by atoms with van der Waals surface area (Å²) in [6.07, 6.45) is -8.37. The van der Waals surface area contributed by atoms with Crippen molar-refractivity contribution in [1.29, 1.82) is 0 Å². The van der Waals surface area contributed by atoms with E-state index < -0.39 is 35.4 Å². The molecular weight excluding hydrogens is 436 g/mol. The number of hydrogen-bond donors (Lipinski definition) is 1. The summed E-state index contributed by atoms with van der Waals surface area (Å²) in [5, 5.41) is 9.45. The van der Waals surface area contributed by atoms with E-state index in [1.807, 2.05) is 4.90 Å². The van der Waals surface area contributed by atoms with Crippen LogP contribution in [-0.4, -0.2) is 29.1 Å². The Morgan fingerprint density at radius 1 is 0.938 bits per heavy atom. The summed E-state index contributed by atoms with van der Waals surface area (Å²) in [5.74, 6) is -2.06. The van der Waals surface area contributed by atoms with Gasteiger partial charge in [0, 0.05) is 19.6 Å². The van der Waals surface area contributed by atoms with Gasteiger partial charge in [0.05, 0.1) is 17.0 Å². The Kier molecular flexibility index (Phi) is 6.88. The van der Waals surface area contributed by atoms with E-state index in [2.05, 4.69) is 0 Å². The van der Waals surface area contributed by atoms with Crippen molar-refractivity contribution < 1.29 is 36.2 Å². The van der Waals surface area contributed by atoms with Crippen LogP contribution in [0.25, 0.3) is 0 Å². The first-order chi connectivity index (χ1) is 14.8. The van der Waals surface area contributed by atoms with Crippen LogP contribution in [0, 0.1) is 11.8 Å². The van der Waals surface area contributed by atoms with Gasteiger partial charge < -0.3 is 5.11 Å². The third-order valence-electron chi connectivity index (χ3n) is 6.05. The second-order valence-electron chi connectivity index (χ2n) is 8.33. The quantitative estimate of drug-likeness (QED) is 0.554. The Balaban J connectivity index is 1.80. The molecule has 1 N–H and O–H groups in total. The van der Waals surface area contributed by atoms with Crippen molar-refractivity contribution in [1.82, 2.24) is 4.90 Å². The lowest BCUT2D eigenvalue weighted by Crippen LogP contribution is -2.42. The molecular formula is C23H23F6NO2. The van der Waals surface area contributed by atoms with Crippen molar-refractivity contribution in [3.8, 4) is 0 Å². The fourth-order valence-electron chi connectivity index (χ4n) is 4.17. The van der Waals surface area contributed by atoms with Crippen LogP contribution in [0.15, 0.2) is 48.5 Å². The number of alkyl halides is 6. The van der Waals surface area contributed by atoms with Crippen LogP contribution in [0.2, 0.25) is 0 Å². The van der Waals surface area contributed by atoms with Crippen LogP contribution in [0.1, 0.15) is 41.5 Å². The first-order valence-electron chi connectivity index (χ1n) is 10.1. The van der Waals surface area contributed by atoms with Gasteiger partial charge >= 0.3 is 18.3 Å². The van der Waals surface area contributed by atoms with Gasteiger partial charge in [0.2, 0.25) is 0 Å². The molecule has 1 fully saturated rings. The number of carboxylic acids is 1. The molecule has 3 atom stereocenters. The number of nitrogens with zero attached hydrogens (tertiary/aromatic N) is 1. The second-order valence-corrected chi connectivity index (χ2v) is 8.33. The molecule has 2 aromatic carbocycles. The minimum Gasteiger partial charge on any atom is -0.481 e. The molecule has 0 saturated carbocycles. The highest BCUT2D eigenvalue weighted by Gasteiger charge is 2.35. The molecule has 0 radical (unpaired) electrons. The fraction of sp³-hybridized carbons (Fsp3) is 0.435. The zero-order valence-electron chi connectivity index (χ0n) is 17.2. The third-order valence-corrected chi connectivity index (χ3v) is 6.05. The number of benzene rings is 2. The molecule has 0 amide bonds. The number of carbonyl (C=O) groups is 1. The van der Waals surface area contributed by atoms with E-state index in [9.17, 15) is 36.2 Å². The van der Waals surface area contributed by atoms with Gasteiger partial charge in [-0.05, 0) is 53.6 Å². The number of aliphatic carboxylic acids is 1. The summed E-state index contributed by atoms with van der Waals surface area (Å²) in [5.41, 5.74) is -0.181. The van der Waals surface area contributed by atoms with Gasteiger partial charge in [-0.3, -0.25) is 9.69 Å². The summed E-state index contributed by atoms with van der Waals surface area (Å²) in [4.78, 5) is 13.5. The molecule has 0 aliphatic carbocycles. The van der Waals surface area contributed by atoms with E-state index in [0.717, 1.165) is 24.3 Å². The highest BCUT2D eigenvalue weighted by Crippen LogP contribution is 2.37. The summed E-state index contributed by atoms with van der Waals surface area (Å²) in [7, 11) is 0. The summed E-state index contributed by atoms with van der Waals surface area (Å²) >= 11 is 0. The number of rotatable bonds is 5. The second kappa shape index (κ2) is 9.13. The first-order valence-corrected chi connectivity index (χ1v) is 10.1. The van der Waals surface area contributed by atoms with Crippen molar-refractivity contribution in [2.75, 3.05) is 13.1 Å². The molecule has 0 bridgehead atoms. The van der Waals surface area contributed by atoms with Gasteiger partial charge in [0.25, 0.3) is 0 Å². The minimum atomic E-state index is -4.44. The van der Waals surface area contributed by atoms with Crippen LogP contribution in [0.4, 0.5) is 26.3 Å². The maximum absolute atomic E-state index is 12.9. The van der Waals surface area contributed by atoms with Crippen molar-refractivity contribution in [3.05, 3.63) is 70.8 Å². The third kappa shape index (κ3) is 5.82. The molecule has 1 heterocycles. The fourth-order valence-corrected chi connectivity index (χ4v) is 4.17. The lowest BCUT2D eigenvalue weighted by molar-refractivity contribution is -0.144. The molecule has 0 aromatic heterocycles. The number of hydrogen-bond acceptors (Lipinski definition) is 2. The molecule has 174 valence electrons. The van der Waals surface area contributed by atoms with E-state index in [-0.39, 0.29) is 11.8 Å². The highest BCUT2D eigenvalue weighted by atomic mass is 19.4. The average molecular weight is 459 g/mol. The molecule has 3 rings (SSSR count). The lowest BCUT2D eigenvalue weighted by Gasteiger charge is -2.39. The zero-order valence-corrected chi connectivity index (χ0v) is 17.2. The molecule has 0 spiro atoms. The normalized spacial score (nSPS) is 21.3. The van der Waals surface area contributed by atoms with Gasteiger partial charge in [-0.15, -0.1) is 0 Å². The van der Waals surface area contributed by atoms with Gasteiger partial charge in [-0.1, -0.05) is 31.2 Å². The van der Waals surface area contributed by atoms with Crippen molar-refractivity contribution >= 4 is 5.97 Å². The van der Waals surface area contributed by atoms with Crippen molar-refractivity contribution in [3.63, 3.8) is 0 Å². The van der Waals surface area contributed by atoms with Crippen LogP contribution in [-0.2, 0) is 23.7 Å². The van der Waals surface area contributed by atoms with E-state index in [4.69, 9.17) is 0 Å². The molecule has 1 saturated heterocycles. The van der Waals surface area contributed by atoms with Crippen LogP contribution < -0.4 is 0 Å². The average Bonchev–Trinajstić information content (AvgIpc) is 2.72. The van der Waals surface area contributed by atoms with E-state index >= 15 is 0 Å². The first kappa shape index (κ1) is 24.1. The Labute approximate surface area is 181 Å². The summed E-state index contributed by atoms with van der Waals surface area (Å²) in [6.45, 7) is 2.82. The predicted molar refractivity (Wildman–Crippen MR) is 106 cm³/mol. The van der Waals surface area contributed by atoms with Gasteiger partial charge in [-0.25, -0.2) is 0 Å². The Bertz CT molecular complexity index is 921. The van der Waals surface area contributed by atoms with Gasteiger partial charge in [0.1, 0.15) is 0 Å². The molecule has 1 aliphatic rings. The predicted octanol–water partition coefficient (Wildman–Crippen LogP) is 6.05. The number of likely N-dealkylation sites (tertiary alicyclic amines) is 1. The Morgan fingerprint density at radius 3 is 1.91 bits per heavy atom. The van der Waals surface area contributed by atoms with Crippen molar-refractivity contribution in [2.24, 2.45) is 11.8 Å². The maximum Gasteiger partial charge on any atom is 0.416 e. The smallest absolute Gasteiger partial charge is 0.416 e. The molecule has 32 heavy (non-hydrogen) atoms. The Hall–Kier alpha value is -2.55. The molecule has 0 unspecified atom stereocenters. The lowest BCUT2D eigenvalue weighted by atomic mass is 9.78. The van der Waals surface area contributed by atoms with Crippen LogP contribution >= 0.6 is 0 Å². The minimum absolute atomic E-state index is 0.188. The van der Waals surface area contributed by atoms with Gasteiger partial charge in [0.15, 0.2) is 0 Å². The number of halogens is 6. The van der Waals surface area contributed by atoms with E-state index in [1.54, 1.807) is 6.92 Å². The van der Waals surface area contributed by atoms with Crippen LogP contribution in [0.3, 0.4) is 0 Å². The maximum atomic E-state index is 12.9. The SMILES string of the molecule is C[C@@H](C(=O)O)[C@@H]1C[C@@H](c2ccc(C(F)(F)F)cc2)CN(Cc2ccc(C(F)(F)F)cc2)C1. The standard InChI is InChI=1S/C23H23F6NO2/c1-14(21(31)32)17-10-18(16-4-8-20(9-5-16)23(27,28)29)13-30(12-17)11-15-2-6-19(7-3-15)22(24,25)26/h2-9,14,17-18H,10-13H2,1H3,(H,31,32)/t14-,17-,18-/m1/s1. The van der Waals surface area contributed by atoms with Gasteiger partial charge in [-0.2, -0.15) is 26.3 Å². The molecule has 2 aromatic rings.